The SMILES string of the molecule is Cc1occc1CN(C)c1cc(Cl)ccc1C#N. The molecular weight excluding hydrogens is 248 g/mol. The second-order valence-corrected chi connectivity index (χ2v) is 4.57. The minimum atomic E-state index is 0.614. The molecule has 0 radical (unpaired) electrons. The molecule has 0 atom stereocenters. The van der Waals surface area contributed by atoms with Crippen molar-refractivity contribution in [1.82, 2.24) is 0 Å². The Morgan fingerprint density at radius 1 is 1.39 bits per heavy atom. The van der Waals surface area contributed by atoms with Crippen molar-refractivity contribution in [2.45, 2.75) is 13.5 Å². The second-order valence-electron chi connectivity index (χ2n) is 4.13. The third kappa shape index (κ3) is 2.49. The number of anilines is 1. The zero-order chi connectivity index (χ0) is 13.1. The highest BCUT2D eigenvalue weighted by atomic mass is 35.5. The lowest BCUT2D eigenvalue weighted by atomic mass is 10.1. The number of nitrogens with zero attached hydrogens (tertiary/aromatic N) is 2. The maximum absolute atomic E-state index is 9.10. The lowest BCUT2D eigenvalue weighted by Gasteiger charge is -2.20. The summed E-state index contributed by atoms with van der Waals surface area (Å²) in [5.41, 5.74) is 2.54. The monoisotopic (exact) mass is 260 g/mol. The van der Waals surface area contributed by atoms with E-state index in [4.69, 9.17) is 21.3 Å². The second kappa shape index (κ2) is 5.16. The van der Waals surface area contributed by atoms with E-state index < -0.39 is 0 Å². The van der Waals surface area contributed by atoms with Crippen LogP contribution in [0.2, 0.25) is 5.02 Å². The minimum absolute atomic E-state index is 0.614. The topological polar surface area (TPSA) is 40.2 Å². The van der Waals surface area contributed by atoms with Crippen molar-refractivity contribution in [2.75, 3.05) is 11.9 Å². The first-order chi connectivity index (χ1) is 8.61. The van der Waals surface area contributed by atoms with Gasteiger partial charge in [0.05, 0.1) is 17.5 Å². The zero-order valence-corrected chi connectivity index (χ0v) is 11.0. The molecule has 0 aliphatic rings. The van der Waals surface area contributed by atoms with Gasteiger partial charge in [-0.15, -0.1) is 0 Å². The van der Waals surface area contributed by atoms with Gasteiger partial charge >= 0.3 is 0 Å². The quantitative estimate of drug-likeness (QED) is 0.844. The third-order valence-corrected chi connectivity index (χ3v) is 3.10. The van der Waals surface area contributed by atoms with E-state index in [-0.39, 0.29) is 0 Å². The first-order valence-electron chi connectivity index (χ1n) is 5.55. The van der Waals surface area contributed by atoms with Gasteiger partial charge in [-0.25, -0.2) is 0 Å². The van der Waals surface area contributed by atoms with E-state index in [9.17, 15) is 0 Å². The summed E-state index contributed by atoms with van der Waals surface area (Å²) < 4.78 is 5.26. The molecule has 0 saturated carbocycles. The number of benzene rings is 1. The standard InChI is InChI=1S/C14H13ClN2O/c1-10-12(5-6-18-10)9-17(2)14-7-13(15)4-3-11(14)8-16/h3-7H,9H2,1-2H3. The summed E-state index contributed by atoms with van der Waals surface area (Å²) in [5, 5.41) is 9.73. The number of hydrogen-bond donors (Lipinski definition) is 0. The van der Waals surface area contributed by atoms with Crippen LogP contribution in [0.5, 0.6) is 0 Å². The van der Waals surface area contributed by atoms with Crippen molar-refractivity contribution in [1.29, 1.82) is 5.26 Å². The van der Waals surface area contributed by atoms with E-state index in [2.05, 4.69) is 6.07 Å². The normalized spacial score (nSPS) is 10.1. The first kappa shape index (κ1) is 12.5. The molecule has 0 amide bonds. The number of furan rings is 1. The van der Waals surface area contributed by atoms with Crippen LogP contribution in [0.3, 0.4) is 0 Å². The van der Waals surface area contributed by atoms with Crippen molar-refractivity contribution in [3.8, 4) is 6.07 Å². The lowest BCUT2D eigenvalue weighted by molar-refractivity contribution is 0.529. The molecule has 1 aromatic heterocycles. The number of aryl methyl sites for hydroxylation is 1. The highest BCUT2D eigenvalue weighted by Crippen LogP contribution is 2.25. The molecule has 0 aliphatic carbocycles. The van der Waals surface area contributed by atoms with Crippen molar-refractivity contribution in [3.05, 3.63) is 52.4 Å². The predicted octanol–water partition coefficient (Wildman–Crippen LogP) is 3.75. The van der Waals surface area contributed by atoms with Gasteiger partial charge in [0.25, 0.3) is 0 Å². The average molecular weight is 261 g/mol. The van der Waals surface area contributed by atoms with E-state index in [1.165, 1.54) is 0 Å². The number of nitriles is 1. The molecule has 0 spiro atoms. The predicted molar refractivity (Wildman–Crippen MR) is 71.7 cm³/mol. The fraction of sp³-hybridized carbons (Fsp3) is 0.214. The van der Waals surface area contributed by atoms with Gasteiger partial charge in [0.1, 0.15) is 11.8 Å². The molecule has 0 saturated heterocycles. The van der Waals surface area contributed by atoms with E-state index >= 15 is 0 Å². The average Bonchev–Trinajstić information content (AvgIpc) is 2.75. The van der Waals surface area contributed by atoms with Gasteiger partial charge in [0.2, 0.25) is 0 Å². The molecule has 92 valence electrons. The number of rotatable bonds is 3. The Kier molecular flexibility index (Phi) is 3.59. The van der Waals surface area contributed by atoms with Crippen LogP contribution >= 0.6 is 11.6 Å². The van der Waals surface area contributed by atoms with Crippen LogP contribution in [-0.4, -0.2) is 7.05 Å². The Hall–Kier alpha value is -1.92. The maximum Gasteiger partial charge on any atom is 0.105 e. The van der Waals surface area contributed by atoms with Gasteiger partial charge in [0, 0.05) is 24.2 Å². The molecule has 2 rings (SSSR count). The zero-order valence-electron chi connectivity index (χ0n) is 10.3. The molecule has 18 heavy (non-hydrogen) atoms. The highest BCUT2D eigenvalue weighted by molar-refractivity contribution is 6.30. The molecule has 0 bridgehead atoms. The Balaban J connectivity index is 2.29. The molecule has 1 aromatic carbocycles. The van der Waals surface area contributed by atoms with Crippen LogP contribution in [0.25, 0.3) is 0 Å². The van der Waals surface area contributed by atoms with Crippen molar-refractivity contribution in [3.63, 3.8) is 0 Å². The maximum atomic E-state index is 9.10. The van der Waals surface area contributed by atoms with Gasteiger partial charge in [-0.2, -0.15) is 5.26 Å². The van der Waals surface area contributed by atoms with Crippen LogP contribution in [0.15, 0.2) is 34.9 Å². The lowest BCUT2D eigenvalue weighted by Crippen LogP contribution is -2.17. The molecule has 0 fully saturated rings. The largest absolute Gasteiger partial charge is 0.469 e. The molecule has 1 heterocycles. The fourth-order valence-corrected chi connectivity index (χ4v) is 2.00. The summed E-state index contributed by atoms with van der Waals surface area (Å²) in [6.45, 7) is 2.60. The van der Waals surface area contributed by atoms with E-state index in [0.717, 1.165) is 17.0 Å². The molecular formula is C14H13ClN2O. The Labute approximate surface area is 111 Å². The number of hydrogen-bond acceptors (Lipinski definition) is 3. The van der Waals surface area contributed by atoms with Gasteiger partial charge < -0.3 is 9.32 Å². The van der Waals surface area contributed by atoms with Gasteiger partial charge in [0.15, 0.2) is 0 Å². The fourth-order valence-electron chi connectivity index (χ4n) is 1.83. The smallest absolute Gasteiger partial charge is 0.105 e. The van der Waals surface area contributed by atoms with Crippen molar-refractivity contribution < 1.29 is 4.42 Å². The van der Waals surface area contributed by atoms with Crippen LogP contribution in [0.1, 0.15) is 16.9 Å². The molecule has 2 aromatic rings. The summed E-state index contributed by atoms with van der Waals surface area (Å²) in [4.78, 5) is 1.99. The van der Waals surface area contributed by atoms with Crippen LogP contribution in [0.4, 0.5) is 5.69 Å². The molecule has 0 unspecified atom stereocenters. The molecule has 3 nitrogen and oxygen atoms in total. The summed E-state index contributed by atoms with van der Waals surface area (Å²) in [5.74, 6) is 0.891. The van der Waals surface area contributed by atoms with E-state index in [1.807, 2.05) is 24.9 Å². The molecule has 0 aliphatic heterocycles. The van der Waals surface area contributed by atoms with Crippen LogP contribution < -0.4 is 4.90 Å². The Bertz CT molecular complexity index is 598. The van der Waals surface area contributed by atoms with Crippen LogP contribution in [-0.2, 0) is 6.54 Å². The van der Waals surface area contributed by atoms with Crippen molar-refractivity contribution in [2.24, 2.45) is 0 Å². The number of halogens is 1. The Morgan fingerprint density at radius 2 is 2.17 bits per heavy atom. The van der Waals surface area contributed by atoms with Gasteiger partial charge in [-0.1, -0.05) is 11.6 Å². The summed E-state index contributed by atoms with van der Waals surface area (Å²) >= 11 is 5.98. The van der Waals surface area contributed by atoms with Gasteiger partial charge in [-0.3, -0.25) is 0 Å². The van der Waals surface area contributed by atoms with E-state index in [1.54, 1.807) is 24.5 Å². The third-order valence-electron chi connectivity index (χ3n) is 2.87. The van der Waals surface area contributed by atoms with Crippen LogP contribution in [0, 0.1) is 18.3 Å². The highest BCUT2D eigenvalue weighted by Gasteiger charge is 2.10. The van der Waals surface area contributed by atoms with Crippen molar-refractivity contribution >= 4 is 17.3 Å². The van der Waals surface area contributed by atoms with E-state index in [0.29, 0.717) is 17.1 Å². The van der Waals surface area contributed by atoms with Gasteiger partial charge in [-0.05, 0) is 31.2 Å². The summed E-state index contributed by atoms with van der Waals surface area (Å²) in [7, 11) is 1.93. The molecule has 0 N–H and O–H groups in total. The summed E-state index contributed by atoms with van der Waals surface area (Å²) in [6, 6.07) is 9.36. The Morgan fingerprint density at radius 3 is 2.78 bits per heavy atom. The summed E-state index contributed by atoms with van der Waals surface area (Å²) in [6.07, 6.45) is 1.67. The minimum Gasteiger partial charge on any atom is -0.469 e. The molecule has 4 heteroatoms. The first-order valence-corrected chi connectivity index (χ1v) is 5.93.